The molecule has 0 unspecified atom stereocenters. The molecule has 1 fully saturated rings. The first-order chi connectivity index (χ1) is 10.3. The van der Waals surface area contributed by atoms with Gasteiger partial charge in [0.15, 0.2) is 5.82 Å². The lowest BCUT2D eigenvalue weighted by Gasteiger charge is -2.33. The summed E-state index contributed by atoms with van der Waals surface area (Å²) < 4.78 is 5.44. The first-order valence-corrected chi connectivity index (χ1v) is 8.18. The predicted molar refractivity (Wildman–Crippen MR) is 84.4 cm³/mol. The molecule has 1 aliphatic rings. The molecule has 0 bridgehead atoms. The topological polar surface area (TPSA) is 71.3 Å². The second-order valence-corrected chi connectivity index (χ2v) is 7.09. The van der Waals surface area contributed by atoms with Crippen LogP contribution in [0.4, 0.5) is 0 Å². The van der Waals surface area contributed by atoms with Gasteiger partial charge in [0.1, 0.15) is 0 Å². The van der Waals surface area contributed by atoms with E-state index in [1.165, 1.54) is 0 Å². The number of hydrogen-bond acceptors (Lipinski definition) is 5. The monoisotopic (exact) mass is 308 g/mol. The van der Waals surface area contributed by atoms with Crippen LogP contribution in [-0.4, -0.2) is 40.6 Å². The molecular formula is C16H28N4O2. The fourth-order valence-corrected chi connectivity index (χ4v) is 2.73. The molecule has 0 saturated carbocycles. The molecule has 6 heteroatoms. The molecule has 124 valence electrons. The van der Waals surface area contributed by atoms with Crippen LogP contribution in [0.3, 0.4) is 0 Å². The van der Waals surface area contributed by atoms with E-state index in [0.29, 0.717) is 12.4 Å². The Kier molecular flexibility index (Phi) is 5.21. The van der Waals surface area contributed by atoms with Crippen molar-refractivity contribution in [2.45, 2.75) is 58.9 Å². The number of likely N-dealkylation sites (tertiary alicyclic amines) is 1. The number of piperidine rings is 1. The molecule has 1 amide bonds. The Bertz CT molecular complexity index is 498. The van der Waals surface area contributed by atoms with Crippen molar-refractivity contribution in [1.29, 1.82) is 0 Å². The number of aromatic nitrogens is 2. The number of rotatable bonds is 4. The highest BCUT2D eigenvalue weighted by molar-refractivity contribution is 5.78. The zero-order chi connectivity index (χ0) is 16.3. The highest BCUT2D eigenvalue weighted by Crippen LogP contribution is 2.27. The first kappa shape index (κ1) is 16.9. The van der Waals surface area contributed by atoms with Gasteiger partial charge in [-0.2, -0.15) is 4.98 Å². The lowest BCUT2D eigenvalue weighted by Crippen LogP contribution is -2.41. The van der Waals surface area contributed by atoms with E-state index < -0.39 is 0 Å². The Morgan fingerprint density at radius 3 is 2.55 bits per heavy atom. The summed E-state index contributed by atoms with van der Waals surface area (Å²) >= 11 is 0. The second-order valence-electron chi connectivity index (χ2n) is 7.09. The minimum absolute atomic E-state index is 0.0961. The fraction of sp³-hybridized carbons (Fsp3) is 0.812. The molecule has 0 spiro atoms. The van der Waals surface area contributed by atoms with E-state index in [9.17, 15) is 4.79 Å². The summed E-state index contributed by atoms with van der Waals surface area (Å²) in [5.41, 5.74) is -0.104. The summed E-state index contributed by atoms with van der Waals surface area (Å²) in [6.07, 6.45) is 1.77. The molecule has 2 heterocycles. The van der Waals surface area contributed by atoms with Crippen molar-refractivity contribution in [3.63, 3.8) is 0 Å². The number of amides is 1. The molecule has 1 aromatic rings. The average molecular weight is 308 g/mol. The van der Waals surface area contributed by atoms with Crippen LogP contribution in [0.15, 0.2) is 4.52 Å². The lowest BCUT2D eigenvalue weighted by molar-refractivity contribution is -0.126. The van der Waals surface area contributed by atoms with Gasteiger partial charge in [-0.15, -0.1) is 0 Å². The lowest BCUT2D eigenvalue weighted by atomic mass is 9.95. The van der Waals surface area contributed by atoms with E-state index in [1.807, 2.05) is 6.92 Å². The summed E-state index contributed by atoms with van der Waals surface area (Å²) in [7, 11) is 0. The summed E-state index contributed by atoms with van der Waals surface area (Å²) in [6.45, 7) is 12.7. The van der Waals surface area contributed by atoms with Gasteiger partial charge in [-0.25, -0.2) is 0 Å². The molecule has 6 nitrogen and oxygen atoms in total. The van der Waals surface area contributed by atoms with E-state index in [2.05, 4.69) is 48.1 Å². The molecule has 22 heavy (non-hydrogen) atoms. The van der Waals surface area contributed by atoms with Gasteiger partial charge in [0.05, 0.1) is 6.04 Å². The van der Waals surface area contributed by atoms with Gasteiger partial charge in [0.2, 0.25) is 11.8 Å². The van der Waals surface area contributed by atoms with Crippen molar-refractivity contribution in [1.82, 2.24) is 20.4 Å². The van der Waals surface area contributed by atoms with Gasteiger partial charge >= 0.3 is 0 Å². The summed E-state index contributed by atoms with van der Waals surface area (Å²) in [5, 5.41) is 7.01. The van der Waals surface area contributed by atoms with Gasteiger partial charge in [0.25, 0.3) is 0 Å². The third-order valence-corrected chi connectivity index (χ3v) is 4.27. The average Bonchev–Trinajstić information content (AvgIpc) is 2.97. The minimum Gasteiger partial charge on any atom is -0.356 e. The first-order valence-electron chi connectivity index (χ1n) is 8.18. The Labute approximate surface area is 132 Å². The number of nitrogens with one attached hydrogen (secondary N) is 1. The summed E-state index contributed by atoms with van der Waals surface area (Å²) in [5.74, 6) is 1.73. The fourth-order valence-electron chi connectivity index (χ4n) is 2.73. The largest absolute Gasteiger partial charge is 0.356 e. The maximum atomic E-state index is 11.9. The van der Waals surface area contributed by atoms with Gasteiger partial charge < -0.3 is 9.84 Å². The minimum atomic E-state index is -0.104. The van der Waals surface area contributed by atoms with E-state index >= 15 is 0 Å². The van der Waals surface area contributed by atoms with Crippen molar-refractivity contribution in [2.75, 3.05) is 19.6 Å². The zero-order valence-corrected chi connectivity index (χ0v) is 14.3. The molecule has 1 atom stereocenters. The van der Waals surface area contributed by atoms with Crippen LogP contribution in [0.1, 0.15) is 65.2 Å². The third kappa shape index (κ3) is 3.85. The van der Waals surface area contributed by atoms with Crippen molar-refractivity contribution in [2.24, 2.45) is 5.92 Å². The maximum absolute atomic E-state index is 11.9. The summed E-state index contributed by atoms with van der Waals surface area (Å²) in [6, 6.07) is 0.0961. The summed E-state index contributed by atoms with van der Waals surface area (Å²) in [4.78, 5) is 18.7. The molecule has 1 saturated heterocycles. The number of carbonyl (C=O) groups excluding carboxylic acids is 1. The van der Waals surface area contributed by atoms with Gasteiger partial charge in [-0.3, -0.25) is 9.69 Å². The van der Waals surface area contributed by atoms with E-state index in [1.54, 1.807) is 0 Å². The second kappa shape index (κ2) is 6.77. The number of hydrogen-bond donors (Lipinski definition) is 1. The van der Waals surface area contributed by atoms with E-state index in [0.717, 1.165) is 31.8 Å². The zero-order valence-electron chi connectivity index (χ0n) is 14.3. The number of carbonyl (C=O) groups is 1. The van der Waals surface area contributed by atoms with Crippen molar-refractivity contribution >= 4 is 5.91 Å². The van der Waals surface area contributed by atoms with E-state index in [-0.39, 0.29) is 23.3 Å². The van der Waals surface area contributed by atoms with Crippen LogP contribution < -0.4 is 5.32 Å². The quantitative estimate of drug-likeness (QED) is 0.924. The Morgan fingerprint density at radius 2 is 2.05 bits per heavy atom. The van der Waals surface area contributed by atoms with E-state index in [4.69, 9.17) is 4.52 Å². The molecule has 1 N–H and O–H groups in total. The Balaban J connectivity index is 1.93. The van der Waals surface area contributed by atoms with Crippen LogP contribution in [0.25, 0.3) is 0 Å². The highest BCUT2D eigenvalue weighted by atomic mass is 16.5. The molecule has 1 aromatic heterocycles. The highest BCUT2D eigenvalue weighted by Gasteiger charge is 2.30. The SMILES string of the molecule is CCNC(=O)C1CCN([C@@H](C)c2nc(C(C)(C)C)no2)CC1. The van der Waals surface area contributed by atoms with Crippen molar-refractivity contribution in [3.8, 4) is 0 Å². The van der Waals surface area contributed by atoms with Gasteiger partial charge in [-0.1, -0.05) is 25.9 Å². The molecule has 1 aliphatic heterocycles. The Morgan fingerprint density at radius 1 is 1.41 bits per heavy atom. The van der Waals surface area contributed by atoms with Crippen LogP contribution >= 0.6 is 0 Å². The van der Waals surface area contributed by atoms with Crippen molar-refractivity contribution in [3.05, 3.63) is 11.7 Å². The van der Waals surface area contributed by atoms with Crippen LogP contribution in [-0.2, 0) is 10.2 Å². The molecule has 0 aromatic carbocycles. The van der Waals surface area contributed by atoms with Crippen LogP contribution in [0, 0.1) is 5.92 Å². The predicted octanol–water partition coefficient (Wildman–Crippen LogP) is 2.28. The Hall–Kier alpha value is -1.43. The molecule has 0 aliphatic carbocycles. The normalized spacial score (nSPS) is 19.1. The molecular weight excluding hydrogens is 280 g/mol. The smallest absolute Gasteiger partial charge is 0.243 e. The van der Waals surface area contributed by atoms with Crippen LogP contribution in [0.2, 0.25) is 0 Å². The van der Waals surface area contributed by atoms with Crippen LogP contribution in [0.5, 0.6) is 0 Å². The molecule has 2 rings (SSSR count). The molecule has 0 radical (unpaired) electrons. The van der Waals surface area contributed by atoms with Gasteiger partial charge in [0, 0.05) is 17.9 Å². The van der Waals surface area contributed by atoms with Crippen molar-refractivity contribution < 1.29 is 9.32 Å². The third-order valence-electron chi connectivity index (χ3n) is 4.27. The number of nitrogens with zero attached hydrogens (tertiary/aromatic N) is 3. The standard InChI is InChI=1S/C16H28N4O2/c1-6-17-13(21)12-7-9-20(10-8-12)11(2)14-18-15(19-22-14)16(3,4)5/h11-12H,6-10H2,1-5H3,(H,17,21)/t11-/m0/s1. The maximum Gasteiger partial charge on any atom is 0.243 e. The van der Waals surface area contributed by atoms with Gasteiger partial charge in [-0.05, 0) is 39.8 Å².